The normalized spacial score (nSPS) is 28.5. The van der Waals surface area contributed by atoms with Crippen molar-refractivity contribution in [2.45, 2.75) is 77.8 Å². The summed E-state index contributed by atoms with van der Waals surface area (Å²) in [6.45, 7) is 15.5. The van der Waals surface area contributed by atoms with E-state index in [2.05, 4.69) is 4.98 Å². The zero-order valence-electron chi connectivity index (χ0n) is 18.9. The van der Waals surface area contributed by atoms with Gasteiger partial charge in [0, 0.05) is 12.1 Å². The maximum atomic E-state index is 14.9. The summed E-state index contributed by atoms with van der Waals surface area (Å²) in [6.07, 6.45) is 2.83. The van der Waals surface area contributed by atoms with Crippen LogP contribution in [0.15, 0.2) is 24.4 Å². The van der Waals surface area contributed by atoms with Gasteiger partial charge in [-0.25, -0.2) is 4.39 Å². The summed E-state index contributed by atoms with van der Waals surface area (Å²) in [5, 5.41) is 8.88. The van der Waals surface area contributed by atoms with Gasteiger partial charge < -0.3 is 18.6 Å². The molecule has 2 unspecified atom stereocenters. The lowest BCUT2D eigenvalue weighted by Crippen LogP contribution is -2.49. The van der Waals surface area contributed by atoms with E-state index in [9.17, 15) is 4.39 Å². The quantitative estimate of drug-likeness (QED) is 0.690. The molecule has 1 aromatic heterocycles. The van der Waals surface area contributed by atoms with Gasteiger partial charge in [-0.2, -0.15) is 5.26 Å². The second-order valence-corrected chi connectivity index (χ2v) is 9.69. The van der Waals surface area contributed by atoms with Crippen molar-refractivity contribution in [2.24, 2.45) is 5.92 Å². The van der Waals surface area contributed by atoms with Gasteiger partial charge in [0.05, 0.1) is 33.7 Å². The van der Waals surface area contributed by atoms with Crippen molar-refractivity contribution in [3.8, 4) is 6.07 Å². The first-order valence-electron chi connectivity index (χ1n) is 10.2. The number of rotatable bonds is 4. The largest absolute Gasteiger partial charge is 0.489 e. The van der Waals surface area contributed by atoms with E-state index in [0.29, 0.717) is 5.56 Å². The van der Waals surface area contributed by atoms with Crippen molar-refractivity contribution >= 4 is 19.8 Å². The number of halogens is 1. The van der Waals surface area contributed by atoms with E-state index < -0.39 is 42.2 Å². The Bertz CT molecular complexity index is 866. The summed E-state index contributed by atoms with van der Waals surface area (Å²) in [5.74, 6) is -0.830. The van der Waals surface area contributed by atoms with Crippen LogP contribution in [0.25, 0.3) is 5.83 Å². The fraction of sp³-hybridized carbons (Fsp3) is 0.619. The lowest BCUT2D eigenvalue weighted by atomic mass is 9.49. The predicted molar refractivity (Wildman–Crippen MR) is 114 cm³/mol. The van der Waals surface area contributed by atoms with E-state index in [-0.39, 0.29) is 11.6 Å². The van der Waals surface area contributed by atoms with Crippen LogP contribution in [0.2, 0.25) is 0 Å². The number of nitrogens with zero attached hydrogens (tertiary/aromatic N) is 2. The molecule has 0 aliphatic carbocycles. The van der Waals surface area contributed by atoms with Crippen molar-refractivity contribution in [1.29, 1.82) is 5.26 Å². The molecule has 0 aromatic carbocycles. The average molecular weight is 414 g/mol. The first-order chi connectivity index (χ1) is 13.7. The first-order valence-corrected chi connectivity index (χ1v) is 10.2. The topological polar surface area (TPSA) is 73.6 Å². The summed E-state index contributed by atoms with van der Waals surface area (Å²) < 4.78 is 39.6. The molecular formula is C21H29B2FN2O4. The van der Waals surface area contributed by atoms with Crippen molar-refractivity contribution in [1.82, 2.24) is 4.98 Å². The molecule has 1 aromatic rings. The molecule has 3 heterocycles. The Labute approximate surface area is 179 Å². The van der Waals surface area contributed by atoms with Crippen LogP contribution >= 0.6 is 0 Å². The lowest BCUT2D eigenvalue weighted by molar-refractivity contribution is -0.0354. The van der Waals surface area contributed by atoms with Crippen LogP contribution in [0.5, 0.6) is 0 Å². The standard InChI is InChI=1S/C21H29B2FN2O4/c1-14(11-16(24)17-10-9-15(12-25)13-26-17)21(8)20(6,7)29-23(30-21)22-27-18(2,3)19(4,5)28-22/h9-11,13-14H,1-8H3/b16-11-. The lowest BCUT2D eigenvalue weighted by Gasteiger charge is -2.40. The molecule has 3 rings (SSSR count). The highest BCUT2D eigenvalue weighted by Crippen LogP contribution is 2.46. The molecule has 0 bridgehead atoms. The van der Waals surface area contributed by atoms with E-state index in [1.165, 1.54) is 24.4 Å². The Kier molecular flexibility index (Phi) is 5.70. The molecule has 0 spiro atoms. The van der Waals surface area contributed by atoms with Crippen molar-refractivity contribution in [3.63, 3.8) is 0 Å². The minimum atomic E-state index is -0.842. The highest BCUT2D eigenvalue weighted by Gasteiger charge is 2.65. The molecule has 9 heteroatoms. The number of pyridine rings is 1. The highest BCUT2D eigenvalue weighted by atomic mass is 19.1. The van der Waals surface area contributed by atoms with Gasteiger partial charge in [0.15, 0.2) is 0 Å². The van der Waals surface area contributed by atoms with E-state index in [1.807, 2.05) is 61.5 Å². The van der Waals surface area contributed by atoms with Gasteiger partial charge in [0.1, 0.15) is 11.9 Å². The highest BCUT2D eigenvalue weighted by molar-refractivity contribution is 7.11. The van der Waals surface area contributed by atoms with Crippen molar-refractivity contribution in [2.75, 3.05) is 0 Å². The Morgan fingerprint density at radius 1 is 1.00 bits per heavy atom. The fourth-order valence-corrected chi connectivity index (χ4v) is 3.65. The second-order valence-electron chi connectivity index (χ2n) is 9.69. The van der Waals surface area contributed by atoms with Gasteiger partial charge in [-0.1, -0.05) is 6.92 Å². The molecular weight excluding hydrogens is 385 g/mol. The summed E-state index contributed by atoms with van der Waals surface area (Å²) >= 11 is 0. The second kappa shape index (κ2) is 7.45. The third-order valence-electron chi connectivity index (χ3n) is 6.86. The van der Waals surface area contributed by atoms with Crippen LogP contribution in [0, 0.1) is 17.2 Å². The molecule has 2 atom stereocenters. The van der Waals surface area contributed by atoms with Gasteiger partial charge in [-0.05, 0) is 66.7 Å². The SMILES string of the molecule is CC(/C=C(\F)c1ccc(C#N)cn1)C1(C)OB(B2OC(C)(C)C(C)(C)O2)OC1(C)C. The average Bonchev–Trinajstić information content (AvgIpc) is 3.03. The van der Waals surface area contributed by atoms with Crippen LogP contribution in [0.3, 0.4) is 0 Å². The van der Waals surface area contributed by atoms with E-state index in [0.717, 1.165) is 0 Å². The molecule has 0 saturated carbocycles. The van der Waals surface area contributed by atoms with Gasteiger partial charge >= 0.3 is 14.0 Å². The van der Waals surface area contributed by atoms with Crippen LogP contribution in [0.4, 0.5) is 4.39 Å². The molecule has 30 heavy (non-hydrogen) atoms. The molecule has 160 valence electrons. The maximum Gasteiger partial charge on any atom is 0.489 e. The zero-order valence-corrected chi connectivity index (χ0v) is 18.9. The Morgan fingerprint density at radius 3 is 2.03 bits per heavy atom. The van der Waals surface area contributed by atoms with Gasteiger partial charge in [-0.3, -0.25) is 4.98 Å². The Balaban J connectivity index is 1.81. The van der Waals surface area contributed by atoms with Crippen LogP contribution in [0.1, 0.15) is 66.6 Å². The molecule has 0 radical (unpaired) electrons. The number of nitriles is 1. The minimum Gasteiger partial charge on any atom is -0.405 e. The summed E-state index contributed by atoms with van der Waals surface area (Å²) in [6, 6.07) is 5.00. The molecule has 2 aliphatic heterocycles. The number of hydrogen-bond donors (Lipinski definition) is 0. The smallest absolute Gasteiger partial charge is 0.405 e. The molecule has 6 nitrogen and oxygen atoms in total. The zero-order chi connectivity index (χ0) is 22.5. The van der Waals surface area contributed by atoms with E-state index >= 15 is 0 Å². The summed E-state index contributed by atoms with van der Waals surface area (Å²) in [5.41, 5.74) is -2.03. The Morgan fingerprint density at radius 2 is 1.53 bits per heavy atom. The van der Waals surface area contributed by atoms with Crippen LogP contribution in [-0.4, -0.2) is 41.4 Å². The van der Waals surface area contributed by atoms with Gasteiger partial charge in [-0.15, -0.1) is 0 Å². The fourth-order valence-electron chi connectivity index (χ4n) is 3.65. The number of aromatic nitrogens is 1. The summed E-state index contributed by atoms with van der Waals surface area (Å²) in [7, 11) is -1.42. The monoisotopic (exact) mass is 414 g/mol. The third-order valence-corrected chi connectivity index (χ3v) is 6.86. The van der Waals surface area contributed by atoms with Crippen molar-refractivity contribution < 1.29 is 23.0 Å². The minimum absolute atomic E-state index is 0.170. The maximum absolute atomic E-state index is 14.9. The molecule has 2 aliphatic rings. The Hall–Kier alpha value is -1.72. The van der Waals surface area contributed by atoms with Gasteiger partial charge in [0.25, 0.3) is 0 Å². The van der Waals surface area contributed by atoms with Crippen LogP contribution in [-0.2, 0) is 18.6 Å². The van der Waals surface area contributed by atoms with E-state index in [1.54, 1.807) is 0 Å². The first kappa shape index (κ1) is 23.0. The van der Waals surface area contributed by atoms with Gasteiger partial charge in [0.2, 0.25) is 0 Å². The summed E-state index contributed by atoms with van der Waals surface area (Å²) in [4.78, 5) is 4.02. The molecule has 0 amide bonds. The van der Waals surface area contributed by atoms with Crippen LogP contribution < -0.4 is 0 Å². The molecule has 2 saturated heterocycles. The number of hydrogen-bond acceptors (Lipinski definition) is 6. The third kappa shape index (κ3) is 3.82. The van der Waals surface area contributed by atoms with Crippen molar-refractivity contribution in [3.05, 3.63) is 35.7 Å². The van der Waals surface area contributed by atoms with E-state index in [4.69, 9.17) is 23.9 Å². The predicted octanol–water partition coefficient (Wildman–Crippen LogP) is 4.14. The molecule has 2 fully saturated rings. The molecule has 0 N–H and O–H groups in total.